The average molecular weight is 440 g/mol. The topological polar surface area (TPSA) is 61.9 Å². The van der Waals surface area contributed by atoms with Crippen molar-refractivity contribution in [2.45, 2.75) is 51.5 Å². The number of nitrogens with zero attached hydrogens (tertiary/aromatic N) is 2. The van der Waals surface area contributed by atoms with Gasteiger partial charge in [0.1, 0.15) is 0 Å². The zero-order chi connectivity index (χ0) is 22.1. The number of anilines is 1. The first-order chi connectivity index (χ1) is 15.5. The quantitative estimate of drug-likeness (QED) is 0.709. The second kappa shape index (κ2) is 9.05. The molecule has 0 spiro atoms. The fourth-order valence-electron chi connectivity index (χ4n) is 7.21. The number of carbonyl (C=O) groups is 2. The summed E-state index contributed by atoms with van der Waals surface area (Å²) < 4.78 is 5.42. The van der Waals surface area contributed by atoms with Crippen molar-refractivity contribution in [2.75, 3.05) is 44.8 Å². The Kier molecular flexibility index (Phi) is 6.15. The number of likely N-dealkylation sites (N-methyl/N-ethyl adjacent to an activating group) is 1. The average Bonchev–Trinajstić information content (AvgIpc) is 2.77. The Bertz CT molecular complexity index is 796. The fourth-order valence-corrected chi connectivity index (χ4v) is 7.21. The van der Waals surface area contributed by atoms with Gasteiger partial charge < -0.3 is 19.9 Å². The Hall–Kier alpha value is -2.08. The van der Waals surface area contributed by atoms with Gasteiger partial charge >= 0.3 is 0 Å². The molecule has 1 N–H and O–H groups in total. The molecule has 4 aliphatic carbocycles. The lowest BCUT2D eigenvalue weighted by atomic mass is 9.49. The number of amides is 2. The van der Waals surface area contributed by atoms with Gasteiger partial charge in [-0.2, -0.15) is 0 Å². The molecule has 6 nitrogen and oxygen atoms in total. The van der Waals surface area contributed by atoms with Gasteiger partial charge in [0.25, 0.3) is 0 Å². The van der Waals surface area contributed by atoms with Crippen molar-refractivity contribution < 1.29 is 14.3 Å². The van der Waals surface area contributed by atoms with Crippen LogP contribution in [0.2, 0.25) is 0 Å². The first-order valence-corrected chi connectivity index (χ1v) is 12.4. The van der Waals surface area contributed by atoms with E-state index in [4.69, 9.17) is 4.74 Å². The summed E-state index contributed by atoms with van der Waals surface area (Å²) in [5.74, 6) is 2.55. The number of morpholine rings is 1. The van der Waals surface area contributed by atoms with Crippen molar-refractivity contribution in [3.05, 3.63) is 29.8 Å². The van der Waals surface area contributed by atoms with Gasteiger partial charge in [0.05, 0.1) is 19.8 Å². The predicted octanol–water partition coefficient (Wildman–Crippen LogP) is 3.20. The van der Waals surface area contributed by atoms with E-state index < -0.39 is 0 Å². The van der Waals surface area contributed by atoms with Crippen molar-refractivity contribution >= 4 is 17.5 Å². The molecule has 0 radical (unpaired) electrons. The van der Waals surface area contributed by atoms with Gasteiger partial charge in [0.15, 0.2) is 0 Å². The van der Waals surface area contributed by atoms with E-state index in [0.717, 1.165) is 49.6 Å². The highest BCUT2D eigenvalue weighted by Gasteiger charge is 2.51. The van der Waals surface area contributed by atoms with E-state index in [-0.39, 0.29) is 23.8 Å². The third-order valence-corrected chi connectivity index (χ3v) is 8.30. The summed E-state index contributed by atoms with van der Waals surface area (Å²) in [5.41, 5.74) is 2.51. The molecule has 5 fully saturated rings. The van der Waals surface area contributed by atoms with Crippen LogP contribution in [0.5, 0.6) is 0 Å². The SMILES string of the molecule is CN(Cc1ccc(N2CCOCC2)cc1)C(=O)CNC(=O)CC12CC3CC(CC(C3)C1)C2. The van der Waals surface area contributed by atoms with Crippen LogP contribution < -0.4 is 10.2 Å². The van der Waals surface area contributed by atoms with Crippen molar-refractivity contribution in [1.82, 2.24) is 10.2 Å². The zero-order valence-electron chi connectivity index (χ0n) is 19.4. The van der Waals surface area contributed by atoms with Crippen molar-refractivity contribution in [3.63, 3.8) is 0 Å². The van der Waals surface area contributed by atoms with E-state index in [1.165, 1.54) is 44.2 Å². The Morgan fingerprint density at radius 3 is 2.22 bits per heavy atom. The molecule has 1 aromatic rings. The highest BCUT2D eigenvalue weighted by atomic mass is 16.5. The maximum Gasteiger partial charge on any atom is 0.242 e. The summed E-state index contributed by atoms with van der Waals surface area (Å²) in [4.78, 5) is 29.3. The van der Waals surface area contributed by atoms with Gasteiger partial charge in [0.2, 0.25) is 11.8 Å². The monoisotopic (exact) mass is 439 g/mol. The highest BCUT2D eigenvalue weighted by molar-refractivity contribution is 5.84. The largest absolute Gasteiger partial charge is 0.378 e. The van der Waals surface area contributed by atoms with Crippen LogP contribution in [-0.2, 0) is 20.9 Å². The molecular formula is C26H37N3O3. The van der Waals surface area contributed by atoms with Gasteiger partial charge in [-0.1, -0.05) is 12.1 Å². The molecule has 2 amide bonds. The van der Waals surface area contributed by atoms with Crippen LogP contribution in [0.15, 0.2) is 24.3 Å². The number of ether oxygens (including phenoxy) is 1. The van der Waals surface area contributed by atoms with Crippen LogP contribution in [0.1, 0.15) is 50.5 Å². The molecule has 1 saturated heterocycles. The van der Waals surface area contributed by atoms with Gasteiger partial charge in [-0.25, -0.2) is 0 Å². The van der Waals surface area contributed by atoms with Crippen LogP contribution in [0.3, 0.4) is 0 Å². The Morgan fingerprint density at radius 2 is 1.62 bits per heavy atom. The van der Waals surface area contributed by atoms with E-state index in [0.29, 0.717) is 13.0 Å². The van der Waals surface area contributed by atoms with Crippen LogP contribution in [0, 0.1) is 23.2 Å². The van der Waals surface area contributed by atoms with Crippen molar-refractivity contribution in [2.24, 2.45) is 23.2 Å². The molecule has 4 saturated carbocycles. The minimum Gasteiger partial charge on any atom is -0.378 e. The molecule has 4 bridgehead atoms. The normalized spacial score (nSPS) is 30.9. The second-order valence-corrected chi connectivity index (χ2v) is 10.9. The summed E-state index contributed by atoms with van der Waals surface area (Å²) in [6.07, 6.45) is 8.44. The van der Waals surface area contributed by atoms with Crippen LogP contribution in [0.4, 0.5) is 5.69 Å². The summed E-state index contributed by atoms with van der Waals surface area (Å²) in [6, 6.07) is 8.40. The molecule has 6 rings (SSSR count). The highest BCUT2D eigenvalue weighted by Crippen LogP contribution is 2.61. The molecule has 1 aliphatic heterocycles. The molecule has 1 heterocycles. The maximum atomic E-state index is 12.7. The molecule has 0 aromatic heterocycles. The third-order valence-electron chi connectivity index (χ3n) is 8.30. The van der Waals surface area contributed by atoms with Gasteiger partial charge in [-0.15, -0.1) is 0 Å². The van der Waals surface area contributed by atoms with Crippen molar-refractivity contribution in [3.8, 4) is 0 Å². The Labute approximate surface area is 191 Å². The summed E-state index contributed by atoms with van der Waals surface area (Å²) >= 11 is 0. The molecule has 1 aromatic carbocycles. The Morgan fingerprint density at radius 1 is 1.03 bits per heavy atom. The van der Waals surface area contributed by atoms with Gasteiger partial charge in [-0.3, -0.25) is 9.59 Å². The molecule has 174 valence electrons. The standard InChI is InChI=1S/C26H37N3O3/c1-28(18-19-2-4-23(5-3-19)29-6-8-32-9-7-29)25(31)17-27-24(30)16-26-13-20-10-21(14-26)12-22(11-20)15-26/h2-5,20-22H,6-18H2,1H3,(H,27,30). The third kappa shape index (κ3) is 4.80. The summed E-state index contributed by atoms with van der Waals surface area (Å²) in [7, 11) is 1.81. The molecule has 0 unspecified atom stereocenters. The van der Waals surface area contributed by atoms with E-state index in [2.05, 4.69) is 34.5 Å². The van der Waals surface area contributed by atoms with E-state index in [1.807, 2.05) is 7.05 Å². The minimum absolute atomic E-state index is 0.0406. The van der Waals surface area contributed by atoms with Gasteiger partial charge in [-0.05, 0) is 79.4 Å². The number of benzene rings is 1. The molecule has 0 atom stereocenters. The first kappa shape index (κ1) is 21.7. The van der Waals surface area contributed by atoms with Crippen LogP contribution in [-0.4, -0.2) is 56.6 Å². The van der Waals surface area contributed by atoms with E-state index in [9.17, 15) is 9.59 Å². The van der Waals surface area contributed by atoms with E-state index in [1.54, 1.807) is 4.90 Å². The fraction of sp³-hybridized carbons (Fsp3) is 0.692. The number of hydrogen-bond acceptors (Lipinski definition) is 4. The number of rotatable bonds is 7. The summed E-state index contributed by atoms with van der Waals surface area (Å²) in [5, 5.41) is 2.93. The van der Waals surface area contributed by atoms with E-state index >= 15 is 0 Å². The molecular weight excluding hydrogens is 402 g/mol. The zero-order valence-corrected chi connectivity index (χ0v) is 19.4. The van der Waals surface area contributed by atoms with Gasteiger partial charge in [0, 0.05) is 38.8 Å². The molecule has 6 heteroatoms. The number of hydrogen-bond donors (Lipinski definition) is 1. The maximum absolute atomic E-state index is 12.7. The molecule has 32 heavy (non-hydrogen) atoms. The number of carbonyl (C=O) groups excluding carboxylic acids is 2. The number of nitrogens with one attached hydrogen (secondary N) is 1. The smallest absolute Gasteiger partial charge is 0.242 e. The first-order valence-electron chi connectivity index (χ1n) is 12.4. The lowest BCUT2D eigenvalue weighted by Crippen LogP contribution is -2.48. The minimum atomic E-state index is -0.0406. The Balaban J connectivity index is 1.08. The summed E-state index contributed by atoms with van der Waals surface area (Å²) in [6.45, 7) is 4.02. The second-order valence-electron chi connectivity index (χ2n) is 10.9. The lowest BCUT2D eigenvalue weighted by Gasteiger charge is -2.56. The molecule has 5 aliphatic rings. The predicted molar refractivity (Wildman–Crippen MR) is 124 cm³/mol. The van der Waals surface area contributed by atoms with Crippen LogP contribution in [0.25, 0.3) is 0 Å². The van der Waals surface area contributed by atoms with Crippen LogP contribution >= 0.6 is 0 Å². The van der Waals surface area contributed by atoms with Crippen molar-refractivity contribution in [1.29, 1.82) is 0 Å². The lowest BCUT2D eigenvalue weighted by molar-refractivity contribution is -0.135.